The van der Waals surface area contributed by atoms with Crippen LogP contribution >= 0.6 is 28.1 Å². The Morgan fingerprint density at radius 1 is 1.11 bits per heavy atom. The second-order valence-corrected chi connectivity index (χ2v) is 7.50. The summed E-state index contributed by atoms with van der Waals surface area (Å²) < 4.78 is 0.815. The van der Waals surface area contributed by atoms with Gasteiger partial charge in [-0.1, -0.05) is 34.1 Å². The topological polar surface area (TPSA) is 52.7 Å². The first-order valence-corrected chi connectivity index (χ1v) is 10.2. The number of halogens is 1. The van der Waals surface area contributed by atoms with Crippen LogP contribution in [0.15, 0.2) is 58.6 Å². The highest BCUT2D eigenvalue weighted by molar-refractivity contribution is 9.10. The molecule has 0 radical (unpaired) electrons. The van der Waals surface area contributed by atoms with E-state index in [0.29, 0.717) is 5.69 Å². The van der Waals surface area contributed by atoms with E-state index < -0.39 is 11.8 Å². The van der Waals surface area contributed by atoms with Gasteiger partial charge in [-0.2, -0.15) is 0 Å². The highest BCUT2D eigenvalue weighted by Gasteiger charge is 2.34. The molecule has 2 amide bonds. The molecule has 28 heavy (non-hydrogen) atoms. The molecule has 0 atom stereocenters. The molecule has 2 aromatic carbocycles. The van der Waals surface area contributed by atoms with Gasteiger partial charge >= 0.3 is 0 Å². The normalized spacial score (nSPS) is 15.8. The fraction of sp³-hybridized carbons (Fsp3) is 0.190. The lowest BCUT2D eigenvalue weighted by molar-refractivity contribution is -0.122. The van der Waals surface area contributed by atoms with Crippen molar-refractivity contribution in [1.29, 1.82) is 0 Å². The van der Waals surface area contributed by atoms with Crippen LogP contribution in [0.4, 0.5) is 11.4 Å². The van der Waals surface area contributed by atoms with Crippen LogP contribution in [0, 0.1) is 0 Å². The van der Waals surface area contributed by atoms with Crippen molar-refractivity contribution in [2.75, 3.05) is 22.9 Å². The zero-order valence-electron chi connectivity index (χ0n) is 15.6. The molecule has 1 aliphatic rings. The van der Waals surface area contributed by atoms with Crippen LogP contribution in [0.3, 0.4) is 0 Å². The number of hydrogen-bond donors (Lipinski definition) is 1. The molecule has 0 unspecified atom stereocenters. The molecular weight excluding hydrogens is 438 g/mol. The Bertz CT molecular complexity index is 952. The second-order valence-electron chi connectivity index (χ2n) is 6.20. The Morgan fingerprint density at radius 3 is 2.39 bits per heavy atom. The van der Waals surface area contributed by atoms with Crippen molar-refractivity contribution in [3.8, 4) is 0 Å². The molecule has 1 heterocycles. The molecule has 1 fully saturated rings. The smallest absolute Gasteiger partial charge is 0.270 e. The van der Waals surface area contributed by atoms with E-state index in [9.17, 15) is 9.59 Å². The number of carbonyl (C=O) groups is 2. The van der Waals surface area contributed by atoms with Crippen LogP contribution in [0.25, 0.3) is 6.08 Å². The summed E-state index contributed by atoms with van der Waals surface area (Å²) in [7, 11) is 0. The summed E-state index contributed by atoms with van der Waals surface area (Å²) in [6.45, 7) is 6.03. The van der Waals surface area contributed by atoms with Crippen molar-refractivity contribution in [3.05, 3.63) is 64.1 Å². The van der Waals surface area contributed by atoms with E-state index in [4.69, 9.17) is 12.2 Å². The summed E-state index contributed by atoms with van der Waals surface area (Å²) in [4.78, 5) is 29.0. The molecule has 144 valence electrons. The number of nitrogens with one attached hydrogen (secondary N) is 1. The second kappa shape index (κ2) is 8.67. The number of hydrogen-bond acceptors (Lipinski definition) is 4. The minimum absolute atomic E-state index is 0.0455. The van der Waals surface area contributed by atoms with Gasteiger partial charge in [0.15, 0.2) is 5.11 Å². The fourth-order valence-electron chi connectivity index (χ4n) is 3.04. The Balaban J connectivity index is 1.93. The minimum Gasteiger partial charge on any atom is -0.372 e. The summed E-state index contributed by atoms with van der Waals surface area (Å²) in [6.07, 6.45) is 1.59. The maximum Gasteiger partial charge on any atom is 0.270 e. The first kappa shape index (κ1) is 20.2. The largest absolute Gasteiger partial charge is 0.372 e. The Morgan fingerprint density at radius 2 is 1.79 bits per heavy atom. The lowest BCUT2D eigenvalue weighted by Crippen LogP contribution is -2.54. The summed E-state index contributed by atoms with van der Waals surface area (Å²) >= 11 is 8.61. The lowest BCUT2D eigenvalue weighted by Gasteiger charge is -2.29. The van der Waals surface area contributed by atoms with Gasteiger partial charge in [-0.3, -0.25) is 19.8 Å². The van der Waals surface area contributed by atoms with Crippen LogP contribution in [-0.2, 0) is 9.59 Å². The zero-order chi connectivity index (χ0) is 20.3. The van der Waals surface area contributed by atoms with Crippen molar-refractivity contribution in [1.82, 2.24) is 5.32 Å². The van der Waals surface area contributed by atoms with Crippen LogP contribution in [0.5, 0.6) is 0 Å². The highest BCUT2D eigenvalue weighted by atomic mass is 79.9. The third-order valence-electron chi connectivity index (χ3n) is 4.50. The number of nitrogens with zero attached hydrogens (tertiary/aromatic N) is 2. The van der Waals surface area contributed by atoms with Crippen molar-refractivity contribution in [2.24, 2.45) is 0 Å². The monoisotopic (exact) mass is 457 g/mol. The Hall–Kier alpha value is -2.51. The molecule has 0 bridgehead atoms. The predicted molar refractivity (Wildman–Crippen MR) is 120 cm³/mol. The quantitative estimate of drug-likeness (QED) is 0.416. The number of rotatable bonds is 5. The molecular formula is C21H20BrN3O2S. The molecule has 0 aromatic heterocycles. The molecule has 2 aromatic rings. The predicted octanol–water partition coefficient (Wildman–Crippen LogP) is 4.13. The molecule has 1 N–H and O–H groups in total. The first-order valence-electron chi connectivity index (χ1n) is 8.96. The van der Waals surface area contributed by atoms with Gasteiger partial charge in [-0.05, 0) is 68.0 Å². The van der Waals surface area contributed by atoms with Crippen LogP contribution < -0.4 is 15.1 Å². The number of benzene rings is 2. The third-order valence-corrected chi connectivity index (χ3v) is 5.28. The van der Waals surface area contributed by atoms with Gasteiger partial charge in [0.25, 0.3) is 11.8 Å². The van der Waals surface area contributed by atoms with Gasteiger partial charge in [0.05, 0.1) is 5.69 Å². The first-order chi connectivity index (χ1) is 13.4. The van der Waals surface area contributed by atoms with Crippen molar-refractivity contribution in [2.45, 2.75) is 13.8 Å². The average molecular weight is 458 g/mol. The Kier molecular flexibility index (Phi) is 6.26. The van der Waals surface area contributed by atoms with E-state index in [0.717, 1.165) is 28.8 Å². The number of thiocarbonyl (C=S) groups is 1. The van der Waals surface area contributed by atoms with Crippen LogP contribution in [0.1, 0.15) is 19.4 Å². The number of amides is 2. The van der Waals surface area contributed by atoms with E-state index in [1.807, 2.05) is 30.3 Å². The average Bonchev–Trinajstić information content (AvgIpc) is 2.67. The molecule has 1 aliphatic heterocycles. The van der Waals surface area contributed by atoms with Crippen molar-refractivity contribution in [3.63, 3.8) is 0 Å². The van der Waals surface area contributed by atoms with Crippen molar-refractivity contribution >= 4 is 62.5 Å². The van der Waals surface area contributed by atoms with Gasteiger partial charge in [0, 0.05) is 23.2 Å². The number of carbonyl (C=O) groups excluding carboxylic acids is 2. The van der Waals surface area contributed by atoms with E-state index in [1.165, 1.54) is 4.90 Å². The molecule has 0 saturated carbocycles. The molecule has 5 nitrogen and oxygen atoms in total. The summed E-state index contributed by atoms with van der Waals surface area (Å²) in [5.74, 6) is -0.936. The minimum atomic E-state index is -0.492. The van der Waals surface area contributed by atoms with Gasteiger partial charge in [0.2, 0.25) is 0 Å². The van der Waals surface area contributed by atoms with E-state index in [2.05, 4.69) is 40.0 Å². The zero-order valence-corrected chi connectivity index (χ0v) is 18.0. The van der Waals surface area contributed by atoms with E-state index in [1.54, 1.807) is 24.3 Å². The van der Waals surface area contributed by atoms with E-state index >= 15 is 0 Å². The van der Waals surface area contributed by atoms with Crippen molar-refractivity contribution < 1.29 is 9.59 Å². The fourth-order valence-corrected chi connectivity index (χ4v) is 3.71. The molecule has 0 spiro atoms. The Labute approximate surface area is 178 Å². The lowest BCUT2D eigenvalue weighted by atomic mass is 10.1. The van der Waals surface area contributed by atoms with Gasteiger partial charge in [0.1, 0.15) is 5.57 Å². The molecule has 1 saturated heterocycles. The standard InChI is InChI=1S/C21H20BrN3O2S/c1-3-24(4-2)16-10-8-14(9-11-16)12-18-19(26)23-21(28)25(20(18)27)17-7-5-6-15(22)13-17/h5-13H,3-4H2,1-2H3,(H,23,26,28)/b18-12+. The summed E-state index contributed by atoms with van der Waals surface area (Å²) in [5, 5.41) is 2.67. The number of anilines is 2. The van der Waals surface area contributed by atoms with Crippen LogP contribution in [-0.4, -0.2) is 30.0 Å². The highest BCUT2D eigenvalue weighted by Crippen LogP contribution is 2.25. The maximum absolute atomic E-state index is 13.0. The van der Waals surface area contributed by atoms with Gasteiger partial charge < -0.3 is 4.90 Å². The molecule has 0 aliphatic carbocycles. The molecule has 3 rings (SSSR count). The summed E-state index contributed by atoms with van der Waals surface area (Å²) in [6, 6.07) is 15.0. The van der Waals surface area contributed by atoms with Gasteiger partial charge in [-0.15, -0.1) is 0 Å². The SMILES string of the molecule is CCN(CC)c1ccc(/C=C2\C(=O)NC(=S)N(c3cccc(Br)c3)C2=O)cc1. The third kappa shape index (κ3) is 4.15. The summed E-state index contributed by atoms with van der Waals surface area (Å²) in [5.41, 5.74) is 2.51. The van der Waals surface area contributed by atoms with Gasteiger partial charge in [-0.25, -0.2) is 0 Å². The maximum atomic E-state index is 13.0. The van der Waals surface area contributed by atoms with Crippen LogP contribution in [0.2, 0.25) is 0 Å². The van der Waals surface area contributed by atoms with E-state index in [-0.39, 0.29) is 10.7 Å². The molecule has 7 heteroatoms.